The Morgan fingerprint density at radius 3 is 2.84 bits per heavy atom. The first-order valence-corrected chi connectivity index (χ1v) is 6.05. The van der Waals surface area contributed by atoms with Crippen molar-refractivity contribution in [1.29, 1.82) is 0 Å². The van der Waals surface area contributed by atoms with Gasteiger partial charge in [-0.1, -0.05) is 11.6 Å². The molecule has 0 radical (unpaired) electrons. The summed E-state index contributed by atoms with van der Waals surface area (Å²) in [6, 6.07) is 10.6. The zero-order valence-corrected chi connectivity index (χ0v) is 10.9. The third kappa shape index (κ3) is 2.11. The lowest BCUT2D eigenvalue weighted by Crippen LogP contribution is -1.87. The Bertz CT molecular complexity index is 752. The van der Waals surface area contributed by atoms with Gasteiger partial charge in [0.25, 0.3) is 0 Å². The first-order chi connectivity index (χ1) is 9.17. The molecule has 2 N–H and O–H groups in total. The van der Waals surface area contributed by atoms with Crippen LogP contribution in [0.25, 0.3) is 22.6 Å². The zero-order valence-electron chi connectivity index (χ0n) is 10.2. The number of rotatable bonds is 2. The van der Waals surface area contributed by atoms with Crippen LogP contribution < -0.4 is 10.5 Å². The van der Waals surface area contributed by atoms with Crippen LogP contribution in [0.5, 0.6) is 5.75 Å². The molecule has 0 saturated heterocycles. The van der Waals surface area contributed by atoms with Crippen LogP contribution in [-0.2, 0) is 0 Å². The van der Waals surface area contributed by atoms with Crippen LogP contribution in [0.1, 0.15) is 0 Å². The molecule has 3 rings (SSSR count). The summed E-state index contributed by atoms with van der Waals surface area (Å²) in [5.74, 6) is 1.10. The number of hydrogen-bond donors (Lipinski definition) is 1. The number of benzene rings is 2. The first kappa shape index (κ1) is 11.9. The van der Waals surface area contributed by atoms with Gasteiger partial charge in [-0.3, -0.25) is 0 Å². The Morgan fingerprint density at radius 2 is 2.05 bits per heavy atom. The normalized spacial score (nSPS) is 10.8. The van der Waals surface area contributed by atoms with Crippen molar-refractivity contribution in [2.75, 3.05) is 12.8 Å². The highest BCUT2D eigenvalue weighted by molar-refractivity contribution is 6.30. The largest absolute Gasteiger partial charge is 0.496 e. The highest BCUT2D eigenvalue weighted by Gasteiger charge is 2.13. The van der Waals surface area contributed by atoms with E-state index in [1.165, 1.54) is 0 Å². The van der Waals surface area contributed by atoms with E-state index in [1.54, 1.807) is 37.4 Å². The fourth-order valence-corrected chi connectivity index (χ4v) is 2.06. The van der Waals surface area contributed by atoms with Crippen LogP contribution in [0.2, 0.25) is 5.02 Å². The third-order valence-corrected chi connectivity index (χ3v) is 3.04. The van der Waals surface area contributed by atoms with Crippen molar-refractivity contribution in [3.63, 3.8) is 0 Å². The van der Waals surface area contributed by atoms with Gasteiger partial charge in [-0.2, -0.15) is 0 Å². The second-order valence-electron chi connectivity index (χ2n) is 4.09. The van der Waals surface area contributed by atoms with Crippen molar-refractivity contribution in [2.45, 2.75) is 0 Å². The average Bonchev–Trinajstić information content (AvgIpc) is 2.81. The predicted octanol–water partition coefficient (Wildman–Crippen LogP) is 3.74. The van der Waals surface area contributed by atoms with Crippen LogP contribution >= 0.6 is 11.6 Å². The Morgan fingerprint density at radius 1 is 1.21 bits per heavy atom. The van der Waals surface area contributed by atoms with Gasteiger partial charge in [0, 0.05) is 10.7 Å². The molecule has 0 spiro atoms. The lowest BCUT2D eigenvalue weighted by Gasteiger charge is -2.04. The van der Waals surface area contributed by atoms with Gasteiger partial charge in [0.2, 0.25) is 5.89 Å². The SMILES string of the molecule is COc1cc(Cl)ccc1-c1nc2cc(N)ccc2o1. The van der Waals surface area contributed by atoms with Gasteiger partial charge in [-0.25, -0.2) is 4.98 Å². The summed E-state index contributed by atoms with van der Waals surface area (Å²) in [6.07, 6.45) is 0. The molecule has 0 saturated carbocycles. The van der Waals surface area contributed by atoms with Gasteiger partial charge >= 0.3 is 0 Å². The minimum atomic E-state index is 0.481. The Labute approximate surface area is 114 Å². The average molecular weight is 275 g/mol. The van der Waals surface area contributed by atoms with Crippen molar-refractivity contribution >= 4 is 28.4 Å². The summed E-state index contributed by atoms with van der Waals surface area (Å²) < 4.78 is 11.0. The second-order valence-corrected chi connectivity index (χ2v) is 4.53. The number of nitrogens with zero attached hydrogens (tertiary/aromatic N) is 1. The van der Waals surface area contributed by atoms with Crippen LogP contribution in [0, 0.1) is 0 Å². The highest BCUT2D eigenvalue weighted by atomic mass is 35.5. The molecule has 0 aliphatic carbocycles. The van der Waals surface area contributed by atoms with Gasteiger partial charge in [0.1, 0.15) is 11.3 Å². The minimum absolute atomic E-state index is 0.481. The van der Waals surface area contributed by atoms with Gasteiger partial charge in [-0.05, 0) is 36.4 Å². The number of fused-ring (bicyclic) bond motifs is 1. The van der Waals surface area contributed by atoms with E-state index in [0.29, 0.717) is 33.4 Å². The second kappa shape index (κ2) is 4.48. The maximum Gasteiger partial charge on any atom is 0.231 e. The summed E-state index contributed by atoms with van der Waals surface area (Å²) in [7, 11) is 1.58. The molecule has 0 unspecified atom stereocenters. The molecule has 2 aromatic carbocycles. The zero-order chi connectivity index (χ0) is 13.4. The Hall–Kier alpha value is -2.20. The number of nitrogen functional groups attached to an aromatic ring is 1. The molecular weight excluding hydrogens is 264 g/mol. The maximum absolute atomic E-state index is 5.93. The fourth-order valence-electron chi connectivity index (χ4n) is 1.90. The topological polar surface area (TPSA) is 61.3 Å². The van der Waals surface area contributed by atoms with E-state index in [9.17, 15) is 0 Å². The summed E-state index contributed by atoms with van der Waals surface area (Å²) >= 11 is 5.93. The smallest absolute Gasteiger partial charge is 0.231 e. The molecule has 19 heavy (non-hydrogen) atoms. The predicted molar refractivity (Wildman–Crippen MR) is 75.4 cm³/mol. The number of halogens is 1. The van der Waals surface area contributed by atoms with Gasteiger partial charge in [0.15, 0.2) is 5.58 Å². The maximum atomic E-state index is 5.93. The number of anilines is 1. The van der Waals surface area contributed by atoms with Crippen molar-refractivity contribution in [2.24, 2.45) is 0 Å². The first-order valence-electron chi connectivity index (χ1n) is 5.67. The molecule has 3 aromatic rings. The molecule has 5 heteroatoms. The lowest BCUT2D eigenvalue weighted by molar-refractivity contribution is 0.414. The van der Waals surface area contributed by atoms with E-state index in [2.05, 4.69) is 4.98 Å². The minimum Gasteiger partial charge on any atom is -0.496 e. The number of nitrogens with two attached hydrogens (primary N) is 1. The van der Waals surface area contributed by atoms with E-state index in [1.807, 2.05) is 6.07 Å². The highest BCUT2D eigenvalue weighted by Crippen LogP contribution is 2.33. The standard InChI is InChI=1S/C14H11ClN2O2/c1-18-13-6-8(15)2-4-10(13)14-17-11-7-9(16)3-5-12(11)19-14/h2-7H,16H2,1H3. The summed E-state index contributed by atoms with van der Waals surface area (Å²) in [4.78, 5) is 4.41. The molecule has 96 valence electrons. The molecular formula is C14H11ClN2O2. The van der Waals surface area contributed by atoms with E-state index in [0.717, 1.165) is 5.56 Å². The van der Waals surface area contributed by atoms with Gasteiger partial charge in [-0.15, -0.1) is 0 Å². The Kier molecular flexibility index (Phi) is 2.80. The van der Waals surface area contributed by atoms with Crippen molar-refractivity contribution in [3.05, 3.63) is 41.4 Å². The molecule has 0 amide bonds. The van der Waals surface area contributed by atoms with Crippen LogP contribution in [0.15, 0.2) is 40.8 Å². The molecule has 0 atom stereocenters. The van der Waals surface area contributed by atoms with Crippen LogP contribution in [-0.4, -0.2) is 12.1 Å². The van der Waals surface area contributed by atoms with Crippen LogP contribution in [0.3, 0.4) is 0 Å². The summed E-state index contributed by atoms with van der Waals surface area (Å²) in [5, 5.41) is 0.598. The Balaban J connectivity index is 2.18. The van der Waals surface area contributed by atoms with Crippen molar-refractivity contribution in [1.82, 2.24) is 4.98 Å². The molecule has 0 aliphatic heterocycles. The number of ether oxygens (including phenoxy) is 1. The molecule has 1 heterocycles. The van der Waals surface area contributed by atoms with Crippen LogP contribution in [0.4, 0.5) is 5.69 Å². The van der Waals surface area contributed by atoms with E-state index in [-0.39, 0.29) is 0 Å². The van der Waals surface area contributed by atoms with E-state index in [4.69, 9.17) is 26.5 Å². The molecule has 0 fully saturated rings. The fraction of sp³-hybridized carbons (Fsp3) is 0.0714. The van der Waals surface area contributed by atoms with Crippen molar-refractivity contribution < 1.29 is 9.15 Å². The van der Waals surface area contributed by atoms with Crippen molar-refractivity contribution in [3.8, 4) is 17.2 Å². The van der Waals surface area contributed by atoms with Gasteiger partial charge < -0.3 is 14.9 Å². The molecule has 0 bridgehead atoms. The van der Waals surface area contributed by atoms with E-state index < -0.39 is 0 Å². The number of hydrogen-bond acceptors (Lipinski definition) is 4. The summed E-state index contributed by atoms with van der Waals surface area (Å²) in [6.45, 7) is 0. The monoisotopic (exact) mass is 274 g/mol. The number of aromatic nitrogens is 1. The number of methoxy groups -OCH3 is 1. The molecule has 1 aromatic heterocycles. The quantitative estimate of drug-likeness (QED) is 0.723. The molecule has 0 aliphatic rings. The molecule has 4 nitrogen and oxygen atoms in total. The third-order valence-electron chi connectivity index (χ3n) is 2.81. The lowest BCUT2D eigenvalue weighted by atomic mass is 10.2. The number of oxazole rings is 1. The summed E-state index contributed by atoms with van der Waals surface area (Å²) in [5.41, 5.74) is 8.52. The van der Waals surface area contributed by atoms with Gasteiger partial charge in [0.05, 0.1) is 12.7 Å². The van der Waals surface area contributed by atoms with E-state index >= 15 is 0 Å².